The molecule has 2 aromatic rings. The molecule has 2 aliphatic carbocycles. The first-order chi connectivity index (χ1) is 15.3. The average molecular weight is 435 g/mol. The molecule has 0 amide bonds. The smallest absolute Gasteiger partial charge is 0.339 e. The van der Waals surface area contributed by atoms with Gasteiger partial charge in [-0.25, -0.2) is 9.59 Å². The first-order valence-corrected chi connectivity index (χ1v) is 11.9. The van der Waals surface area contributed by atoms with Crippen LogP contribution in [0.15, 0.2) is 0 Å². The van der Waals surface area contributed by atoms with Crippen LogP contribution >= 0.6 is 0 Å². The molecule has 0 aromatic heterocycles. The van der Waals surface area contributed by atoms with Crippen LogP contribution in [0.5, 0.6) is 0 Å². The predicted octanol–water partition coefficient (Wildman–Crippen LogP) is 5.65. The summed E-state index contributed by atoms with van der Waals surface area (Å²) in [5, 5.41) is 0. The summed E-state index contributed by atoms with van der Waals surface area (Å²) in [7, 11) is 0. The van der Waals surface area contributed by atoms with Crippen LogP contribution in [0.25, 0.3) is 0 Å². The summed E-state index contributed by atoms with van der Waals surface area (Å²) in [6, 6.07) is 0. The summed E-state index contributed by atoms with van der Waals surface area (Å²) in [5.74, 6) is -0.883. The highest BCUT2D eigenvalue weighted by molar-refractivity contribution is 6.06. The van der Waals surface area contributed by atoms with Gasteiger partial charge >= 0.3 is 11.9 Å². The molecule has 0 bridgehead atoms. The van der Waals surface area contributed by atoms with Crippen molar-refractivity contribution in [1.82, 2.24) is 0 Å². The van der Waals surface area contributed by atoms with Crippen molar-refractivity contribution in [2.45, 2.75) is 80.1 Å². The van der Waals surface area contributed by atoms with Gasteiger partial charge in [0.1, 0.15) is 0 Å². The number of hydrogen-bond acceptors (Lipinski definition) is 4. The Kier molecular flexibility index (Phi) is 6.15. The average Bonchev–Trinajstić information content (AvgIpc) is 2.79. The molecule has 170 valence electrons. The quantitative estimate of drug-likeness (QED) is 0.498. The van der Waals surface area contributed by atoms with Crippen molar-refractivity contribution in [3.05, 3.63) is 66.8 Å². The molecule has 0 heterocycles. The largest absolute Gasteiger partial charge is 0.462 e. The number of carbonyl (C=O) groups is 2. The van der Waals surface area contributed by atoms with Crippen LogP contribution in [0.1, 0.15) is 103 Å². The Hall–Kier alpha value is -2.62. The molecule has 0 atom stereocenters. The second kappa shape index (κ2) is 8.73. The van der Waals surface area contributed by atoms with Crippen molar-refractivity contribution >= 4 is 11.9 Å². The molecule has 0 saturated carbocycles. The van der Waals surface area contributed by atoms with Crippen molar-refractivity contribution in [2.75, 3.05) is 13.2 Å². The first-order valence-electron chi connectivity index (χ1n) is 11.9. The Morgan fingerprint density at radius 1 is 0.594 bits per heavy atom. The second-order valence-corrected chi connectivity index (χ2v) is 9.12. The van der Waals surface area contributed by atoms with E-state index in [0.29, 0.717) is 11.1 Å². The van der Waals surface area contributed by atoms with Gasteiger partial charge in [-0.1, -0.05) is 0 Å². The van der Waals surface area contributed by atoms with Gasteiger partial charge in [0, 0.05) is 0 Å². The molecule has 0 N–H and O–H groups in total. The highest BCUT2D eigenvalue weighted by Gasteiger charge is 2.33. The lowest BCUT2D eigenvalue weighted by Gasteiger charge is -2.32. The summed E-state index contributed by atoms with van der Waals surface area (Å²) < 4.78 is 10.7. The summed E-state index contributed by atoms with van der Waals surface area (Å²) >= 11 is 0. The summed E-state index contributed by atoms with van der Waals surface area (Å²) in [6.45, 7) is 12.6. The number of esters is 2. The minimum atomic E-state index is -0.442. The van der Waals surface area contributed by atoms with Crippen LogP contribution in [0.3, 0.4) is 0 Å². The third kappa shape index (κ3) is 3.44. The molecule has 32 heavy (non-hydrogen) atoms. The normalized spacial score (nSPS) is 14.3. The van der Waals surface area contributed by atoms with E-state index in [0.717, 1.165) is 36.8 Å². The van der Waals surface area contributed by atoms with Gasteiger partial charge in [-0.3, -0.25) is 0 Å². The first kappa shape index (κ1) is 22.6. The van der Waals surface area contributed by atoms with E-state index >= 15 is 0 Å². The minimum Gasteiger partial charge on any atom is -0.462 e. The lowest BCUT2D eigenvalue weighted by molar-refractivity contribution is 0.0477. The van der Waals surface area contributed by atoms with E-state index in [2.05, 4.69) is 13.8 Å². The van der Waals surface area contributed by atoms with E-state index < -0.39 is 11.9 Å². The van der Waals surface area contributed by atoms with Gasteiger partial charge in [0.05, 0.1) is 24.3 Å². The van der Waals surface area contributed by atoms with Gasteiger partial charge in [-0.2, -0.15) is 0 Å². The molecule has 2 aliphatic rings. The van der Waals surface area contributed by atoms with E-state index in [1.807, 2.05) is 13.8 Å². The van der Waals surface area contributed by atoms with E-state index in [-0.39, 0.29) is 13.2 Å². The van der Waals surface area contributed by atoms with Gasteiger partial charge in [0.2, 0.25) is 0 Å². The summed E-state index contributed by atoms with van der Waals surface area (Å²) in [4.78, 5) is 25.9. The SMILES string of the molecule is CCOC(=O)c1c(C)c2c(c(C)c1C(=O)OCC)Cc1c(C)c3c(c(C)c1C2)CCCC3. The molecule has 0 radical (unpaired) electrons. The van der Waals surface area contributed by atoms with E-state index in [4.69, 9.17) is 9.47 Å². The molecule has 0 unspecified atom stereocenters. The number of ether oxygens (including phenoxy) is 2. The van der Waals surface area contributed by atoms with Crippen LogP contribution in [0, 0.1) is 27.7 Å². The fourth-order valence-electron chi connectivity index (χ4n) is 5.91. The fourth-order valence-corrected chi connectivity index (χ4v) is 5.91. The molecule has 0 saturated heterocycles. The van der Waals surface area contributed by atoms with Gasteiger partial charge in [-0.15, -0.1) is 0 Å². The highest BCUT2D eigenvalue weighted by atomic mass is 16.5. The lowest BCUT2D eigenvalue weighted by Crippen LogP contribution is -2.24. The van der Waals surface area contributed by atoms with Crippen LogP contribution in [-0.4, -0.2) is 25.2 Å². The maximum Gasteiger partial charge on any atom is 0.339 e. The minimum absolute atomic E-state index is 0.268. The van der Waals surface area contributed by atoms with Crippen molar-refractivity contribution in [3.63, 3.8) is 0 Å². The third-order valence-electron chi connectivity index (χ3n) is 7.58. The van der Waals surface area contributed by atoms with E-state index in [9.17, 15) is 9.59 Å². The Morgan fingerprint density at radius 2 is 0.938 bits per heavy atom. The monoisotopic (exact) mass is 434 g/mol. The molecule has 0 spiro atoms. The molecule has 2 aromatic carbocycles. The molecule has 0 fully saturated rings. The Bertz CT molecular complexity index is 1040. The molecular formula is C28H34O4. The zero-order valence-electron chi connectivity index (χ0n) is 20.3. The van der Waals surface area contributed by atoms with Crippen molar-refractivity contribution in [2.24, 2.45) is 0 Å². The summed E-state index contributed by atoms with van der Waals surface area (Å²) in [5.41, 5.74) is 13.6. The van der Waals surface area contributed by atoms with Gasteiger partial charge in [0.15, 0.2) is 0 Å². The van der Waals surface area contributed by atoms with Crippen molar-refractivity contribution in [3.8, 4) is 0 Å². The predicted molar refractivity (Wildman–Crippen MR) is 126 cm³/mol. The second-order valence-electron chi connectivity index (χ2n) is 9.12. The molecule has 4 nitrogen and oxygen atoms in total. The maximum absolute atomic E-state index is 13.0. The molecule has 4 heteroatoms. The van der Waals surface area contributed by atoms with Crippen molar-refractivity contribution in [1.29, 1.82) is 0 Å². The van der Waals surface area contributed by atoms with E-state index in [1.165, 1.54) is 46.2 Å². The third-order valence-corrected chi connectivity index (χ3v) is 7.58. The maximum atomic E-state index is 13.0. The zero-order chi connectivity index (χ0) is 23.2. The topological polar surface area (TPSA) is 52.6 Å². The van der Waals surface area contributed by atoms with Crippen LogP contribution < -0.4 is 0 Å². The number of carbonyl (C=O) groups excluding carboxylic acids is 2. The Labute approximate surface area is 191 Å². The van der Waals surface area contributed by atoms with Gasteiger partial charge < -0.3 is 9.47 Å². The van der Waals surface area contributed by atoms with Crippen LogP contribution in [0.2, 0.25) is 0 Å². The number of fused-ring (bicyclic) bond motifs is 3. The number of rotatable bonds is 4. The molecular weight excluding hydrogens is 400 g/mol. The van der Waals surface area contributed by atoms with Gasteiger partial charge in [-0.05, 0) is 136 Å². The zero-order valence-corrected chi connectivity index (χ0v) is 20.3. The fraction of sp³-hybridized carbons (Fsp3) is 0.500. The molecule has 4 rings (SSSR count). The standard InChI is InChI=1S/C28H34O4/c1-7-31-27(29)25-17(5)23-13-21-15(3)19-11-9-10-12-20(19)16(4)22(21)14-24(23)18(6)26(25)28(30)32-8-2/h7-14H2,1-6H3. The van der Waals surface area contributed by atoms with Crippen molar-refractivity contribution < 1.29 is 19.1 Å². The Morgan fingerprint density at radius 3 is 1.28 bits per heavy atom. The molecule has 0 aliphatic heterocycles. The highest BCUT2D eigenvalue weighted by Crippen LogP contribution is 2.41. The lowest BCUT2D eigenvalue weighted by atomic mass is 9.72. The van der Waals surface area contributed by atoms with Crippen LogP contribution in [-0.2, 0) is 35.2 Å². The number of hydrogen-bond donors (Lipinski definition) is 0. The Balaban J connectivity index is 1.95. The van der Waals surface area contributed by atoms with Crippen LogP contribution in [0.4, 0.5) is 0 Å². The number of benzene rings is 2. The van der Waals surface area contributed by atoms with Gasteiger partial charge in [0.25, 0.3) is 0 Å². The van der Waals surface area contributed by atoms with E-state index in [1.54, 1.807) is 25.0 Å². The summed E-state index contributed by atoms with van der Waals surface area (Å²) in [6.07, 6.45) is 6.44.